The topological polar surface area (TPSA) is 79.2 Å². The summed E-state index contributed by atoms with van der Waals surface area (Å²) in [6.45, 7) is 0.933. The van der Waals surface area contributed by atoms with Gasteiger partial charge in [-0.25, -0.2) is 0 Å². The van der Waals surface area contributed by atoms with Gasteiger partial charge in [-0.1, -0.05) is 0 Å². The first-order chi connectivity index (χ1) is 7.71. The lowest BCUT2D eigenvalue weighted by Crippen LogP contribution is -2.45. The lowest BCUT2D eigenvalue weighted by Gasteiger charge is -2.28. The summed E-state index contributed by atoms with van der Waals surface area (Å²) >= 11 is 0. The van der Waals surface area contributed by atoms with Crippen LogP contribution >= 0.6 is 0 Å². The molecule has 1 unspecified atom stereocenters. The van der Waals surface area contributed by atoms with Gasteiger partial charge in [0.05, 0.1) is 20.3 Å². The summed E-state index contributed by atoms with van der Waals surface area (Å²) in [4.78, 5) is 13.2. The van der Waals surface area contributed by atoms with E-state index in [1.165, 1.54) is 7.11 Å². The van der Waals surface area contributed by atoms with Crippen LogP contribution in [0.4, 0.5) is 0 Å². The van der Waals surface area contributed by atoms with E-state index in [9.17, 15) is 4.79 Å². The van der Waals surface area contributed by atoms with Crippen LogP contribution in [-0.4, -0.2) is 74.3 Å². The lowest BCUT2D eigenvalue weighted by atomic mass is 10.2. The van der Waals surface area contributed by atoms with E-state index in [0.717, 1.165) is 0 Å². The molecule has 0 aliphatic rings. The molecule has 96 valence electrons. The summed E-state index contributed by atoms with van der Waals surface area (Å²) in [6.07, 6.45) is 0.475. The van der Waals surface area contributed by atoms with Crippen LogP contribution in [0.5, 0.6) is 0 Å². The van der Waals surface area contributed by atoms with Crippen LogP contribution in [0.15, 0.2) is 0 Å². The molecular weight excluding hydrogens is 214 g/mol. The van der Waals surface area contributed by atoms with Crippen LogP contribution in [0.3, 0.4) is 0 Å². The Labute approximate surface area is 95.8 Å². The van der Waals surface area contributed by atoms with Gasteiger partial charge in [0.2, 0.25) is 0 Å². The number of hydrogen-bond acceptors (Lipinski definition) is 6. The number of rotatable bonds is 9. The van der Waals surface area contributed by atoms with Crippen molar-refractivity contribution in [3.63, 3.8) is 0 Å². The zero-order chi connectivity index (χ0) is 12.4. The van der Waals surface area contributed by atoms with E-state index in [1.807, 2.05) is 0 Å². The Morgan fingerprint density at radius 2 is 1.81 bits per heavy atom. The number of aliphatic hydroxyl groups excluding tert-OH is 2. The number of nitrogens with zero attached hydrogens (tertiary/aromatic N) is 1. The molecule has 0 aliphatic carbocycles. The van der Waals surface area contributed by atoms with Gasteiger partial charge in [0.25, 0.3) is 0 Å². The minimum Gasteiger partial charge on any atom is -0.468 e. The SMILES string of the molecule is COCCC(C(=O)OC)N(CCO)CCO. The molecule has 0 fully saturated rings. The second-order valence-electron chi connectivity index (χ2n) is 3.30. The standard InChI is InChI=1S/C10H21NO5/c1-15-8-3-9(10(14)16-2)11(4-6-12)5-7-13/h9,12-13H,3-8H2,1-2H3. The van der Waals surface area contributed by atoms with Crippen molar-refractivity contribution in [3.05, 3.63) is 0 Å². The monoisotopic (exact) mass is 235 g/mol. The van der Waals surface area contributed by atoms with Crippen LogP contribution in [0, 0.1) is 0 Å². The largest absolute Gasteiger partial charge is 0.468 e. The molecule has 0 amide bonds. The zero-order valence-electron chi connectivity index (χ0n) is 9.89. The average molecular weight is 235 g/mol. The third kappa shape index (κ3) is 5.41. The van der Waals surface area contributed by atoms with Gasteiger partial charge in [-0.3, -0.25) is 9.69 Å². The Balaban J connectivity index is 4.45. The van der Waals surface area contributed by atoms with Crippen molar-refractivity contribution in [3.8, 4) is 0 Å². The highest BCUT2D eigenvalue weighted by Gasteiger charge is 2.25. The summed E-state index contributed by atoms with van der Waals surface area (Å²) in [5.41, 5.74) is 0. The molecule has 6 nitrogen and oxygen atoms in total. The molecule has 0 rings (SSSR count). The Morgan fingerprint density at radius 3 is 2.19 bits per heavy atom. The van der Waals surface area contributed by atoms with E-state index >= 15 is 0 Å². The normalized spacial score (nSPS) is 12.8. The second kappa shape index (κ2) is 9.53. The third-order valence-electron chi connectivity index (χ3n) is 2.28. The fourth-order valence-electron chi connectivity index (χ4n) is 1.50. The van der Waals surface area contributed by atoms with Crippen molar-refractivity contribution < 1.29 is 24.5 Å². The van der Waals surface area contributed by atoms with Crippen molar-refractivity contribution >= 4 is 5.97 Å². The molecule has 0 spiro atoms. The van der Waals surface area contributed by atoms with E-state index in [-0.39, 0.29) is 19.2 Å². The number of ether oxygens (including phenoxy) is 2. The summed E-state index contributed by atoms with van der Waals surface area (Å²) in [5, 5.41) is 17.8. The Morgan fingerprint density at radius 1 is 1.25 bits per heavy atom. The zero-order valence-corrected chi connectivity index (χ0v) is 9.89. The maximum absolute atomic E-state index is 11.5. The molecule has 2 N–H and O–H groups in total. The average Bonchev–Trinajstić information content (AvgIpc) is 2.29. The van der Waals surface area contributed by atoms with Crippen LogP contribution in [0.25, 0.3) is 0 Å². The van der Waals surface area contributed by atoms with E-state index in [1.54, 1.807) is 12.0 Å². The number of aliphatic hydroxyl groups is 2. The molecule has 0 radical (unpaired) electrons. The number of hydrogen-bond donors (Lipinski definition) is 2. The minimum atomic E-state index is -0.482. The lowest BCUT2D eigenvalue weighted by molar-refractivity contribution is -0.148. The first-order valence-corrected chi connectivity index (χ1v) is 5.23. The summed E-state index contributed by atoms with van der Waals surface area (Å²) in [5.74, 6) is -0.376. The first kappa shape index (κ1) is 15.3. The number of esters is 1. The van der Waals surface area contributed by atoms with Crippen LogP contribution < -0.4 is 0 Å². The van der Waals surface area contributed by atoms with Crippen molar-refractivity contribution in [2.24, 2.45) is 0 Å². The Kier molecular flexibility index (Phi) is 9.12. The number of carbonyl (C=O) groups excluding carboxylic acids is 1. The second-order valence-corrected chi connectivity index (χ2v) is 3.30. The highest BCUT2D eigenvalue weighted by molar-refractivity contribution is 5.75. The van der Waals surface area contributed by atoms with Crippen LogP contribution in [0.2, 0.25) is 0 Å². The molecule has 0 aliphatic heterocycles. The highest BCUT2D eigenvalue weighted by atomic mass is 16.5. The van der Waals surface area contributed by atoms with Crippen molar-refractivity contribution in [1.29, 1.82) is 0 Å². The summed E-state index contributed by atoms with van der Waals surface area (Å²) in [6, 6.07) is -0.482. The quantitative estimate of drug-likeness (QED) is 0.491. The molecule has 6 heteroatoms. The number of methoxy groups -OCH3 is 2. The predicted octanol–water partition coefficient (Wildman–Crippen LogP) is -1.15. The van der Waals surface area contributed by atoms with Gasteiger partial charge in [0.1, 0.15) is 6.04 Å². The molecule has 0 heterocycles. The van der Waals surface area contributed by atoms with Crippen molar-refractivity contribution in [1.82, 2.24) is 4.90 Å². The molecule has 0 bridgehead atoms. The van der Waals surface area contributed by atoms with E-state index < -0.39 is 6.04 Å². The molecule has 0 saturated heterocycles. The predicted molar refractivity (Wildman–Crippen MR) is 58.0 cm³/mol. The summed E-state index contributed by atoms with van der Waals surface area (Å²) in [7, 11) is 2.87. The summed E-state index contributed by atoms with van der Waals surface area (Å²) < 4.78 is 9.60. The fraction of sp³-hybridized carbons (Fsp3) is 0.900. The molecule has 0 aromatic carbocycles. The van der Waals surface area contributed by atoms with Crippen LogP contribution in [0.1, 0.15) is 6.42 Å². The van der Waals surface area contributed by atoms with E-state index in [4.69, 9.17) is 14.9 Å². The molecule has 0 saturated carbocycles. The van der Waals surface area contributed by atoms with Crippen molar-refractivity contribution in [2.75, 3.05) is 47.1 Å². The van der Waals surface area contributed by atoms with Gasteiger partial charge in [0.15, 0.2) is 0 Å². The fourth-order valence-corrected chi connectivity index (χ4v) is 1.50. The molecule has 0 aromatic heterocycles. The molecule has 16 heavy (non-hydrogen) atoms. The van der Waals surface area contributed by atoms with Gasteiger partial charge >= 0.3 is 5.97 Å². The molecule has 1 atom stereocenters. The van der Waals surface area contributed by atoms with E-state index in [2.05, 4.69) is 4.74 Å². The van der Waals surface area contributed by atoms with Gasteiger partial charge in [-0.15, -0.1) is 0 Å². The van der Waals surface area contributed by atoms with Gasteiger partial charge < -0.3 is 19.7 Å². The molecular formula is C10H21NO5. The molecule has 0 aromatic rings. The van der Waals surface area contributed by atoms with Gasteiger partial charge in [0, 0.05) is 26.8 Å². The minimum absolute atomic E-state index is 0.0690. The maximum Gasteiger partial charge on any atom is 0.323 e. The van der Waals surface area contributed by atoms with Crippen molar-refractivity contribution in [2.45, 2.75) is 12.5 Å². The highest BCUT2D eigenvalue weighted by Crippen LogP contribution is 2.06. The maximum atomic E-state index is 11.5. The third-order valence-corrected chi connectivity index (χ3v) is 2.28. The van der Waals surface area contributed by atoms with E-state index in [0.29, 0.717) is 26.1 Å². The Hall–Kier alpha value is -0.690. The first-order valence-electron chi connectivity index (χ1n) is 5.23. The Bertz CT molecular complexity index is 182. The van der Waals surface area contributed by atoms with Gasteiger partial charge in [-0.05, 0) is 6.42 Å². The smallest absolute Gasteiger partial charge is 0.323 e. The number of carbonyl (C=O) groups is 1. The van der Waals surface area contributed by atoms with Gasteiger partial charge in [-0.2, -0.15) is 0 Å². The van der Waals surface area contributed by atoms with Crippen LogP contribution in [-0.2, 0) is 14.3 Å².